The molecule has 0 radical (unpaired) electrons. The average molecular weight is 313 g/mol. The van der Waals surface area contributed by atoms with Crippen LogP contribution in [0, 0.1) is 0 Å². The summed E-state index contributed by atoms with van der Waals surface area (Å²) in [6.07, 6.45) is 0. The van der Waals surface area contributed by atoms with Crippen molar-refractivity contribution >= 4 is 11.9 Å². The van der Waals surface area contributed by atoms with Gasteiger partial charge in [0.1, 0.15) is 6.61 Å². The number of benzene rings is 2. The highest BCUT2D eigenvalue weighted by Crippen LogP contribution is 2.05. The summed E-state index contributed by atoms with van der Waals surface area (Å²) in [5, 5.41) is 9.12. The minimum atomic E-state index is -0.429. The number of nitrogens with zero attached hydrogens (tertiary/aromatic N) is 1. The fourth-order valence-electron chi connectivity index (χ4n) is 2.11. The highest BCUT2D eigenvalue weighted by atomic mass is 16.5. The molecule has 0 aliphatic heterocycles. The molecule has 2 rings (SSSR count). The Morgan fingerprint density at radius 3 is 2.00 bits per heavy atom. The summed E-state index contributed by atoms with van der Waals surface area (Å²) in [4.78, 5) is 25.7. The molecule has 5 nitrogen and oxygen atoms in total. The molecule has 2 aromatic carbocycles. The van der Waals surface area contributed by atoms with Gasteiger partial charge in [0, 0.05) is 12.1 Å². The van der Waals surface area contributed by atoms with Gasteiger partial charge in [-0.15, -0.1) is 0 Å². The zero-order chi connectivity index (χ0) is 16.5. The molecule has 0 atom stereocenters. The minimum absolute atomic E-state index is 0.0757. The second-order valence-electron chi connectivity index (χ2n) is 4.88. The van der Waals surface area contributed by atoms with Crippen LogP contribution < -0.4 is 0 Å². The monoisotopic (exact) mass is 313 g/mol. The molecule has 0 aliphatic rings. The normalized spacial score (nSPS) is 10.1. The molecular formula is C18H19NO4. The number of carbonyl (C=O) groups excluding carboxylic acids is 2. The van der Waals surface area contributed by atoms with Crippen molar-refractivity contribution in [3.63, 3.8) is 0 Å². The smallest absolute Gasteiger partial charge is 0.338 e. The Labute approximate surface area is 135 Å². The Bertz CT molecular complexity index is 628. The van der Waals surface area contributed by atoms with Crippen molar-refractivity contribution in [1.82, 2.24) is 4.90 Å². The number of aliphatic hydroxyl groups excluding tert-OH is 1. The molecule has 1 amide bonds. The van der Waals surface area contributed by atoms with Gasteiger partial charge in [-0.2, -0.15) is 0 Å². The lowest BCUT2D eigenvalue weighted by atomic mass is 10.2. The van der Waals surface area contributed by atoms with Crippen molar-refractivity contribution in [1.29, 1.82) is 0 Å². The van der Waals surface area contributed by atoms with Crippen LogP contribution in [0.4, 0.5) is 0 Å². The number of ether oxygens (including phenoxy) is 1. The number of rotatable bonds is 7. The van der Waals surface area contributed by atoms with E-state index < -0.39 is 5.97 Å². The molecule has 1 N–H and O–H groups in total. The zero-order valence-corrected chi connectivity index (χ0v) is 12.7. The Morgan fingerprint density at radius 2 is 1.43 bits per heavy atom. The maximum atomic E-state index is 12.4. The van der Waals surface area contributed by atoms with Crippen LogP contribution in [-0.2, 0) is 4.74 Å². The SMILES string of the molecule is O=C(OCCN(CCO)C(=O)c1ccccc1)c1ccccc1. The summed E-state index contributed by atoms with van der Waals surface area (Å²) in [6, 6.07) is 17.5. The lowest BCUT2D eigenvalue weighted by Gasteiger charge is -2.21. The number of aliphatic hydroxyl groups is 1. The maximum Gasteiger partial charge on any atom is 0.338 e. The Kier molecular flexibility index (Phi) is 6.32. The van der Waals surface area contributed by atoms with E-state index in [2.05, 4.69) is 0 Å². The van der Waals surface area contributed by atoms with Crippen LogP contribution in [0.15, 0.2) is 60.7 Å². The van der Waals surface area contributed by atoms with Gasteiger partial charge in [-0.25, -0.2) is 4.79 Å². The second kappa shape index (κ2) is 8.70. The Balaban J connectivity index is 1.90. The van der Waals surface area contributed by atoms with Crippen LogP contribution in [0.5, 0.6) is 0 Å². The van der Waals surface area contributed by atoms with Crippen LogP contribution in [0.25, 0.3) is 0 Å². The number of hydrogen-bond donors (Lipinski definition) is 1. The molecule has 0 saturated carbocycles. The standard InChI is InChI=1S/C18H19NO4/c20-13-11-19(17(21)15-7-3-1-4-8-15)12-14-23-18(22)16-9-5-2-6-10-16/h1-10,20H,11-14H2. The van der Waals surface area contributed by atoms with Crippen LogP contribution >= 0.6 is 0 Å². The van der Waals surface area contributed by atoms with Gasteiger partial charge in [-0.05, 0) is 24.3 Å². The van der Waals surface area contributed by atoms with E-state index in [-0.39, 0.29) is 32.2 Å². The van der Waals surface area contributed by atoms with Gasteiger partial charge >= 0.3 is 5.97 Å². The summed E-state index contributed by atoms with van der Waals surface area (Å²) >= 11 is 0. The number of amides is 1. The molecule has 120 valence electrons. The Morgan fingerprint density at radius 1 is 0.870 bits per heavy atom. The molecule has 0 unspecified atom stereocenters. The summed E-state index contributed by atoms with van der Waals surface area (Å²) in [5.74, 6) is -0.628. The van der Waals surface area contributed by atoms with E-state index in [0.717, 1.165) is 0 Å². The van der Waals surface area contributed by atoms with Crippen molar-refractivity contribution in [2.75, 3.05) is 26.3 Å². The average Bonchev–Trinajstić information content (AvgIpc) is 2.61. The fourth-order valence-corrected chi connectivity index (χ4v) is 2.11. The molecule has 0 saturated heterocycles. The van der Waals surface area contributed by atoms with E-state index in [0.29, 0.717) is 11.1 Å². The first-order chi connectivity index (χ1) is 11.2. The zero-order valence-electron chi connectivity index (χ0n) is 12.7. The molecule has 23 heavy (non-hydrogen) atoms. The fraction of sp³-hybridized carbons (Fsp3) is 0.222. The third-order valence-electron chi connectivity index (χ3n) is 3.28. The molecule has 0 bridgehead atoms. The molecule has 0 heterocycles. The third kappa shape index (κ3) is 4.93. The van der Waals surface area contributed by atoms with E-state index in [4.69, 9.17) is 9.84 Å². The van der Waals surface area contributed by atoms with Gasteiger partial charge in [0.25, 0.3) is 5.91 Å². The van der Waals surface area contributed by atoms with Gasteiger partial charge in [0.15, 0.2) is 0 Å². The molecule has 0 spiro atoms. The number of esters is 1. The summed E-state index contributed by atoms with van der Waals surface area (Å²) < 4.78 is 5.18. The van der Waals surface area contributed by atoms with Crippen LogP contribution in [-0.4, -0.2) is 48.2 Å². The first kappa shape index (κ1) is 16.7. The van der Waals surface area contributed by atoms with Gasteiger partial charge in [-0.1, -0.05) is 36.4 Å². The maximum absolute atomic E-state index is 12.4. The topological polar surface area (TPSA) is 66.8 Å². The van der Waals surface area contributed by atoms with E-state index >= 15 is 0 Å². The van der Waals surface area contributed by atoms with Gasteiger partial charge in [-0.3, -0.25) is 4.79 Å². The number of hydrogen-bond acceptors (Lipinski definition) is 4. The summed E-state index contributed by atoms with van der Waals surface area (Å²) in [6.45, 7) is 0.348. The highest BCUT2D eigenvalue weighted by Gasteiger charge is 2.15. The van der Waals surface area contributed by atoms with E-state index in [1.54, 1.807) is 48.5 Å². The third-order valence-corrected chi connectivity index (χ3v) is 3.28. The second-order valence-corrected chi connectivity index (χ2v) is 4.88. The number of carbonyl (C=O) groups is 2. The summed E-state index contributed by atoms with van der Waals surface area (Å²) in [7, 11) is 0. The van der Waals surface area contributed by atoms with Crippen molar-refractivity contribution in [2.45, 2.75) is 0 Å². The van der Waals surface area contributed by atoms with E-state index in [1.807, 2.05) is 12.1 Å². The van der Waals surface area contributed by atoms with Gasteiger partial charge in [0.2, 0.25) is 0 Å². The van der Waals surface area contributed by atoms with E-state index in [1.165, 1.54) is 4.90 Å². The molecule has 0 fully saturated rings. The lowest BCUT2D eigenvalue weighted by Crippen LogP contribution is -2.36. The summed E-state index contributed by atoms with van der Waals surface area (Å²) in [5.41, 5.74) is 1.01. The van der Waals surface area contributed by atoms with Crippen molar-refractivity contribution < 1.29 is 19.4 Å². The minimum Gasteiger partial charge on any atom is -0.460 e. The lowest BCUT2D eigenvalue weighted by molar-refractivity contribution is 0.0423. The first-order valence-corrected chi connectivity index (χ1v) is 7.39. The van der Waals surface area contributed by atoms with Crippen LogP contribution in [0.2, 0.25) is 0 Å². The van der Waals surface area contributed by atoms with Gasteiger partial charge in [0.05, 0.1) is 18.7 Å². The van der Waals surface area contributed by atoms with Crippen LogP contribution in [0.3, 0.4) is 0 Å². The predicted octanol–water partition coefficient (Wildman–Crippen LogP) is 1.98. The van der Waals surface area contributed by atoms with E-state index in [9.17, 15) is 9.59 Å². The van der Waals surface area contributed by atoms with Crippen LogP contribution in [0.1, 0.15) is 20.7 Å². The van der Waals surface area contributed by atoms with Crippen molar-refractivity contribution in [3.05, 3.63) is 71.8 Å². The molecule has 5 heteroatoms. The van der Waals surface area contributed by atoms with Crippen molar-refractivity contribution in [2.24, 2.45) is 0 Å². The first-order valence-electron chi connectivity index (χ1n) is 7.39. The quantitative estimate of drug-likeness (QED) is 0.794. The molecule has 0 aliphatic carbocycles. The molecular weight excluding hydrogens is 294 g/mol. The largest absolute Gasteiger partial charge is 0.460 e. The Hall–Kier alpha value is -2.66. The predicted molar refractivity (Wildman–Crippen MR) is 86.2 cm³/mol. The molecule has 0 aromatic heterocycles. The van der Waals surface area contributed by atoms with Crippen molar-refractivity contribution in [3.8, 4) is 0 Å². The molecule has 2 aromatic rings. The van der Waals surface area contributed by atoms with Gasteiger partial charge < -0.3 is 14.7 Å². The highest BCUT2D eigenvalue weighted by molar-refractivity contribution is 5.94.